The van der Waals surface area contributed by atoms with Gasteiger partial charge in [-0.3, -0.25) is 14.7 Å². The third-order valence-corrected chi connectivity index (χ3v) is 5.31. The van der Waals surface area contributed by atoms with Crippen LogP contribution in [0.1, 0.15) is 50.0 Å². The van der Waals surface area contributed by atoms with Crippen molar-refractivity contribution in [1.82, 2.24) is 15.5 Å². The number of nitrogens with zero attached hydrogens (tertiary/aromatic N) is 2. The quantitative estimate of drug-likeness (QED) is 0.254. The zero-order valence-corrected chi connectivity index (χ0v) is 20.7. The molecule has 1 aliphatic heterocycles. The summed E-state index contributed by atoms with van der Waals surface area (Å²) in [5, 5.41) is 9.71. The van der Waals surface area contributed by atoms with Crippen LogP contribution in [-0.2, 0) is 11.3 Å². The first-order valence-electron chi connectivity index (χ1n) is 10.8. The molecule has 1 aliphatic rings. The Morgan fingerprint density at radius 2 is 1.90 bits per heavy atom. The van der Waals surface area contributed by atoms with E-state index < -0.39 is 0 Å². The third kappa shape index (κ3) is 7.84. The SMILES string of the molecule is CCCC(=O)Nc1ccc(CNC(=NC)NCC(c2ccco2)N2CCCC2)cc1.I. The van der Waals surface area contributed by atoms with E-state index in [4.69, 9.17) is 4.42 Å². The molecular weight excluding hydrogens is 505 g/mol. The fraction of sp³-hybridized carbons (Fsp3) is 0.478. The van der Waals surface area contributed by atoms with Gasteiger partial charge in [0.05, 0.1) is 12.3 Å². The number of aliphatic imine (C=N–C) groups is 1. The average Bonchev–Trinajstić information content (AvgIpc) is 3.47. The molecule has 0 saturated carbocycles. The van der Waals surface area contributed by atoms with Gasteiger partial charge in [0, 0.05) is 32.2 Å². The molecule has 1 aromatic heterocycles. The standard InChI is InChI=1S/C23H33N5O2.HI/c1-3-7-22(29)27-19-11-9-18(10-12-19)16-25-23(24-2)26-17-20(21-8-6-15-30-21)28-13-4-5-14-28;/h6,8-12,15,20H,3-5,7,13-14,16-17H2,1-2H3,(H,27,29)(H2,24,25,26);1H. The minimum atomic E-state index is 0. The smallest absolute Gasteiger partial charge is 0.224 e. The maximum absolute atomic E-state index is 11.7. The van der Waals surface area contributed by atoms with E-state index in [9.17, 15) is 4.79 Å². The minimum absolute atomic E-state index is 0. The Balaban J connectivity index is 0.00000341. The summed E-state index contributed by atoms with van der Waals surface area (Å²) in [6.07, 6.45) is 5.60. The number of benzene rings is 1. The van der Waals surface area contributed by atoms with Gasteiger partial charge in [0.15, 0.2) is 5.96 Å². The Morgan fingerprint density at radius 3 is 2.52 bits per heavy atom. The van der Waals surface area contributed by atoms with Crippen molar-refractivity contribution in [2.24, 2.45) is 4.99 Å². The first-order valence-corrected chi connectivity index (χ1v) is 10.8. The van der Waals surface area contributed by atoms with Gasteiger partial charge in [-0.25, -0.2) is 0 Å². The number of amides is 1. The third-order valence-electron chi connectivity index (χ3n) is 5.31. The summed E-state index contributed by atoms with van der Waals surface area (Å²) in [7, 11) is 1.78. The number of anilines is 1. The van der Waals surface area contributed by atoms with Crippen LogP contribution >= 0.6 is 24.0 Å². The lowest BCUT2D eigenvalue weighted by molar-refractivity contribution is -0.116. The number of rotatable bonds is 9. The monoisotopic (exact) mass is 539 g/mol. The number of likely N-dealkylation sites (tertiary alicyclic amines) is 1. The molecule has 31 heavy (non-hydrogen) atoms. The Kier molecular flexibility index (Phi) is 10.9. The molecule has 1 unspecified atom stereocenters. The van der Waals surface area contributed by atoms with E-state index in [1.165, 1.54) is 12.8 Å². The van der Waals surface area contributed by atoms with E-state index in [0.29, 0.717) is 13.0 Å². The lowest BCUT2D eigenvalue weighted by Gasteiger charge is -2.26. The van der Waals surface area contributed by atoms with Gasteiger partial charge < -0.3 is 20.4 Å². The number of carbonyl (C=O) groups is 1. The predicted molar refractivity (Wildman–Crippen MR) is 136 cm³/mol. The molecule has 1 amide bonds. The van der Waals surface area contributed by atoms with Crippen molar-refractivity contribution in [2.75, 3.05) is 32.0 Å². The minimum Gasteiger partial charge on any atom is -0.468 e. The molecule has 3 rings (SSSR count). The zero-order valence-electron chi connectivity index (χ0n) is 18.4. The van der Waals surface area contributed by atoms with Crippen LogP contribution in [-0.4, -0.2) is 43.4 Å². The molecule has 1 fully saturated rings. The molecular formula is C23H34IN5O2. The number of furan rings is 1. The molecule has 170 valence electrons. The Morgan fingerprint density at radius 1 is 1.16 bits per heavy atom. The number of hydrogen-bond acceptors (Lipinski definition) is 4. The Labute approximate surface area is 202 Å². The summed E-state index contributed by atoms with van der Waals surface area (Å²) in [6, 6.07) is 12.1. The highest BCUT2D eigenvalue weighted by Crippen LogP contribution is 2.24. The summed E-state index contributed by atoms with van der Waals surface area (Å²) in [5.41, 5.74) is 1.94. The van der Waals surface area contributed by atoms with Gasteiger partial charge in [0.1, 0.15) is 5.76 Å². The fourth-order valence-corrected chi connectivity index (χ4v) is 3.70. The average molecular weight is 539 g/mol. The zero-order chi connectivity index (χ0) is 21.2. The summed E-state index contributed by atoms with van der Waals surface area (Å²) in [4.78, 5) is 18.5. The molecule has 2 heterocycles. The van der Waals surface area contributed by atoms with Crippen molar-refractivity contribution in [3.8, 4) is 0 Å². The normalized spacial score (nSPS) is 15.2. The van der Waals surface area contributed by atoms with Crippen molar-refractivity contribution in [2.45, 2.75) is 45.2 Å². The summed E-state index contributed by atoms with van der Waals surface area (Å²) >= 11 is 0. The van der Waals surface area contributed by atoms with Gasteiger partial charge in [-0.2, -0.15) is 0 Å². The van der Waals surface area contributed by atoms with Crippen LogP contribution in [0.15, 0.2) is 52.1 Å². The molecule has 8 heteroatoms. The number of carbonyl (C=O) groups excluding carboxylic acids is 1. The number of halogens is 1. The molecule has 3 N–H and O–H groups in total. The van der Waals surface area contributed by atoms with E-state index in [1.54, 1.807) is 13.3 Å². The van der Waals surface area contributed by atoms with Crippen molar-refractivity contribution < 1.29 is 9.21 Å². The van der Waals surface area contributed by atoms with Gasteiger partial charge >= 0.3 is 0 Å². The lowest BCUT2D eigenvalue weighted by atomic mass is 10.2. The second-order valence-electron chi connectivity index (χ2n) is 7.58. The summed E-state index contributed by atoms with van der Waals surface area (Å²) < 4.78 is 5.69. The van der Waals surface area contributed by atoms with Crippen LogP contribution in [0.4, 0.5) is 5.69 Å². The van der Waals surface area contributed by atoms with E-state index in [-0.39, 0.29) is 35.9 Å². The van der Waals surface area contributed by atoms with Crippen LogP contribution in [0.2, 0.25) is 0 Å². The maximum atomic E-state index is 11.7. The van der Waals surface area contributed by atoms with Gasteiger partial charge in [-0.15, -0.1) is 24.0 Å². The number of nitrogens with one attached hydrogen (secondary N) is 3. The van der Waals surface area contributed by atoms with Gasteiger partial charge in [0.25, 0.3) is 0 Å². The van der Waals surface area contributed by atoms with E-state index in [2.05, 4.69) is 25.8 Å². The van der Waals surface area contributed by atoms with Crippen molar-refractivity contribution >= 4 is 41.5 Å². The first-order chi connectivity index (χ1) is 14.7. The molecule has 0 bridgehead atoms. The molecule has 0 spiro atoms. The second kappa shape index (κ2) is 13.4. The topological polar surface area (TPSA) is 81.9 Å². The molecule has 2 aromatic rings. The first kappa shape index (κ1) is 25.2. The van der Waals surface area contributed by atoms with E-state index in [0.717, 1.165) is 49.0 Å². The van der Waals surface area contributed by atoms with E-state index >= 15 is 0 Å². The van der Waals surface area contributed by atoms with Crippen molar-refractivity contribution in [3.63, 3.8) is 0 Å². The van der Waals surface area contributed by atoms with Crippen molar-refractivity contribution in [3.05, 3.63) is 54.0 Å². The molecule has 0 aliphatic carbocycles. The second-order valence-corrected chi connectivity index (χ2v) is 7.58. The van der Waals surface area contributed by atoms with Gasteiger partial charge in [-0.1, -0.05) is 19.1 Å². The van der Waals surface area contributed by atoms with Gasteiger partial charge in [0.2, 0.25) is 5.91 Å². The summed E-state index contributed by atoms with van der Waals surface area (Å²) in [5.74, 6) is 1.80. The van der Waals surface area contributed by atoms with Crippen molar-refractivity contribution in [1.29, 1.82) is 0 Å². The molecule has 0 radical (unpaired) electrons. The fourth-order valence-electron chi connectivity index (χ4n) is 3.70. The summed E-state index contributed by atoms with van der Waals surface area (Å²) in [6.45, 7) is 5.57. The van der Waals surface area contributed by atoms with E-state index in [1.807, 2.05) is 43.3 Å². The molecule has 1 aromatic carbocycles. The van der Waals surface area contributed by atoms with Crippen LogP contribution in [0, 0.1) is 0 Å². The highest BCUT2D eigenvalue weighted by molar-refractivity contribution is 14.0. The highest BCUT2D eigenvalue weighted by atomic mass is 127. The largest absolute Gasteiger partial charge is 0.468 e. The van der Waals surface area contributed by atoms with Crippen LogP contribution in [0.25, 0.3) is 0 Å². The maximum Gasteiger partial charge on any atom is 0.224 e. The van der Waals surface area contributed by atoms with Crippen LogP contribution in [0.5, 0.6) is 0 Å². The molecule has 1 saturated heterocycles. The Bertz CT molecular complexity index is 802. The number of hydrogen-bond donors (Lipinski definition) is 3. The van der Waals surface area contributed by atoms with Gasteiger partial charge in [-0.05, 0) is 62.2 Å². The molecule has 1 atom stereocenters. The predicted octanol–water partition coefficient (Wildman–Crippen LogP) is 4.14. The number of guanidine groups is 1. The lowest BCUT2D eigenvalue weighted by Crippen LogP contribution is -2.42. The van der Waals surface area contributed by atoms with Crippen LogP contribution in [0.3, 0.4) is 0 Å². The highest BCUT2D eigenvalue weighted by Gasteiger charge is 2.25. The Hall–Kier alpha value is -2.07. The van der Waals surface area contributed by atoms with Crippen LogP contribution < -0.4 is 16.0 Å². The molecule has 7 nitrogen and oxygen atoms in total.